The lowest BCUT2D eigenvalue weighted by Crippen LogP contribution is -2.57. The van der Waals surface area contributed by atoms with Gasteiger partial charge in [-0.2, -0.15) is 0 Å². The Hall–Kier alpha value is -4.24. The van der Waals surface area contributed by atoms with Gasteiger partial charge in [0.05, 0.1) is 6.61 Å². The van der Waals surface area contributed by atoms with E-state index in [1.54, 1.807) is 30.3 Å². The molecule has 1 rings (SSSR count). The van der Waals surface area contributed by atoms with Crippen LogP contribution in [0.4, 0.5) is 0 Å². The minimum absolute atomic E-state index is 0.0269. The van der Waals surface area contributed by atoms with Crippen LogP contribution in [-0.4, -0.2) is 83.1 Å². The molecule has 0 aliphatic heterocycles. The van der Waals surface area contributed by atoms with Crippen molar-refractivity contribution in [2.45, 2.75) is 56.3 Å². The summed E-state index contributed by atoms with van der Waals surface area (Å²) in [5, 5.41) is 25.9. The summed E-state index contributed by atoms with van der Waals surface area (Å²) in [5.74, 6) is -4.70. The van der Waals surface area contributed by atoms with Crippen molar-refractivity contribution in [3.63, 3.8) is 0 Å². The number of carbonyl (C=O) groups is 5. The second-order valence-electron chi connectivity index (χ2n) is 8.45. The lowest BCUT2D eigenvalue weighted by atomic mass is 10.0. The summed E-state index contributed by atoms with van der Waals surface area (Å²) in [6.45, 7) is -0.533. The van der Waals surface area contributed by atoms with Crippen molar-refractivity contribution < 1.29 is 34.2 Å². The number of benzene rings is 1. The summed E-state index contributed by atoms with van der Waals surface area (Å²) in [5.41, 5.74) is 21.9. The van der Waals surface area contributed by atoms with Gasteiger partial charge in [-0.1, -0.05) is 30.3 Å². The first-order valence-electron chi connectivity index (χ1n) is 11.8. The third-order valence-corrected chi connectivity index (χ3v) is 5.32. The smallest absolute Gasteiger partial charge is 0.326 e. The van der Waals surface area contributed by atoms with Gasteiger partial charge in [0.15, 0.2) is 5.96 Å². The maximum absolute atomic E-state index is 13.1. The number of aliphatic carboxylic acids is 1. The summed E-state index contributed by atoms with van der Waals surface area (Å²) in [6, 6.07) is 3.40. The molecule has 0 saturated heterocycles. The Morgan fingerprint density at radius 1 is 0.842 bits per heavy atom. The predicted octanol–water partition coefficient (Wildman–Crippen LogP) is -3.59. The quantitative estimate of drug-likeness (QED) is 0.0535. The van der Waals surface area contributed by atoms with E-state index in [4.69, 9.17) is 28.0 Å². The van der Waals surface area contributed by atoms with Gasteiger partial charge in [0, 0.05) is 19.4 Å². The molecule has 0 aliphatic rings. The van der Waals surface area contributed by atoms with Crippen LogP contribution in [0.3, 0.4) is 0 Å². The SMILES string of the molecule is NC(=O)CCC(NC(=O)C(CCCN=C(N)N)NC(=O)C(N)CO)C(=O)NC(Cc1ccccc1)C(=O)O. The van der Waals surface area contributed by atoms with Gasteiger partial charge >= 0.3 is 5.97 Å². The number of aliphatic hydroxyl groups is 1. The largest absolute Gasteiger partial charge is 0.480 e. The van der Waals surface area contributed by atoms with E-state index in [2.05, 4.69) is 20.9 Å². The van der Waals surface area contributed by atoms with Crippen LogP contribution in [0.25, 0.3) is 0 Å². The number of nitrogens with zero attached hydrogens (tertiary/aromatic N) is 1. The molecule has 0 aliphatic carbocycles. The zero-order valence-electron chi connectivity index (χ0n) is 20.8. The Bertz CT molecular complexity index is 985. The van der Waals surface area contributed by atoms with Crippen LogP contribution in [0.15, 0.2) is 35.3 Å². The number of nitrogens with two attached hydrogens (primary N) is 4. The molecule has 0 bridgehead atoms. The monoisotopic (exact) mass is 536 g/mol. The molecule has 13 N–H and O–H groups in total. The van der Waals surface area contributed by atoms with Crippen molar-refractivity contribution in [2.24, 2.45) is 27.9 Å². The fraction of sp³-hybridized carbons (Fsp3) is 0.478. The van der Waals surface area contributed by atoms with Crippen molar-refractivity contribution in [3.8, 4) is 0 Å². The van der Waals surface area contributed by atoms with E-state index in [0.29, 0.717) is 5.56 Å². The van der Waals surface area contributed by atoms with Crippen LogP contribution in [-0.2, 0) is 30.4 Å². The van der Waals surface area contributed by atoms with Crippen molar-refractivity contribution in [2.75, 3.05) is 13.2 Å². The van der Waals surface area contributed by atoms with Gasteiger partial charge in [-0.05, 0) is 24.8 Å². The minimum Gasteiger partial charge on any atom is -0.480 e. The molecule has 4 atom stereocenters. The Labute approximate surface area is 219 Å². The molecule has 0 spiro atoms. The van der Waals surface area contributed by atoms with Crippen molar-refractivity contribution in [1.82, 2.24) is 16.0 Å². The highest BCUT2D eigenvalue weighted by molar-refractivity contribution is 5.94. The minimum atomic E-state index is -1.35. The molecule has 15 nitrogen and oxygen atoms in total. The van der Waals surface area contributed by atoms with Gasteiger partial charge in [0.1, 0.15) is 24.2 Å². The van der Waals surface area contributed by atoms with Gasteiger partial charge in [0.25, 0.3) is 0 Å². The van der Waals surface area contributed by atoms with Crippen LogP contribution in [0.2, 0.25) is 0 Å². The van der Waals surface area contributed by atoms with Crippen LogP contribution in [0.1, 0.15) is 31.2 Å². The van der Waals surface area contributed by atoms with Gasteiger partial charge < -0.3 is 49.1 Å². The van der Waals surface area contributed by atoms with E-state index in [-0.39, 0.29) is 44.6 Å². The van der Waals surface area contributed by atoms with Gasteiger partial charge in [0.2, 0.25) is 23.6 Å². The Kier molecular flexibility index (Phi) is 13.8. The highest BCUT2D eigenvalue weighted by Gasteiger charge is 2.30. The zero-order chi connectivity index (χ0) is 28.7. The van der Waals surface area contributed by atoms with Crippen LogP contribution < -0.4 is 38.9 Å². The number of rotatable bonds is 17. The number of amides is 4. The first kappa shape index (κ1) is 31.8. The van der Waals surface area contributed by atoms with E-state index in [1.165, 1.54) is 0 Å². The van der Waals surface area contributed by atoms with Crippen molar-refractivity contribution in [1.29, 1.82) is 0 Å². The molecule has 38 heavy (non-hydrogen) atoms. The maximum Gasteiger partial charge on any atom is 0.326 e. The number of hydrogen-bond donors (Lipinski definition) is 9. The molecular formula is C23H36N8O7. The number of aliphatic imine (C=N–C) groups is 1. The molecule has 210 valence electrons. The van der Waals surface area contributed by atoms with Crippen LogP contribution >= 0.6 is 0 Å². The lowest BCUT2D eigenvalue weighted by Gasteiger charge is -2.25. The highest BCUT2D eigenvalue weighted by Crippen LogP contribution is 2.07. The van der Waals surface area contributed by atoms with E-state index < -0.39 is 60.4 Å². The Morgan fingerprint density at radius 3 is 1.92 bits per heavy atom. The summed E-state index contributed by atoms with van der Waals surface area (Å²) in [7, 11) is 0. The first-order chi connectivity index (χ1) is 17.9. The molecule has 0 heterocycles. The number of hydrogen-bond acceptors (Lipinski definition) is 8. The molecule has 0 saturated carbocycles. The first-order valence-corrected chi connectivity index (χ1v) is 11.8. The third-order valence-electron chi connectivity index (χ3n) is 5.32. The average molecular weight is 537 g/mol. The molecule has 1 aromatic carbocycles. The van der Waals surface area contributed by atoms with E-state index in [1.807, 2.05) is 0 Å². The number of carboxylic acid groups (broad SMARTS) is 1. The fourth-order valence-corrected chi connectivity index (χ4v) is 3.28. The second kappa shape index (κ2) is 16.5. The van der Waals surface area contributed by atoms with Crippen LogP contribution in [0.5, 0.6) is 0 Å². The normalized spacial score (nSPS) is 13.7. The van der Waals surface area contributed by atoms with E-state index in [0.717, 1.165) is 0 Å². The van der Waals surface area contributed by atoms with Crippen LogP contribution in [0, 0.1) is 0 Å². The summed E-state index contributed by atoms with van der Waals surface area (Å²) in [4.78, 5) is 65.2. The molecule has 4 unspecified atom stereocenters. The van der Waals surface area contributed by atoms with Gasteiger partial charge in [-0.3, -0.25) is 24.2 Å². The predicted molar refractivity (Wildman–Crippen MR) is 137 cm³/mol. The number of primary amides is 1. The third kappa shape index (κ3) is 12.1. The molecule has 0 aromatic heterocycles. The molecule has 1 aromatic rings. The molecule has 0 radical (unpaired) electrons. The number of carboxylic acids is 1. The highest BCUT2D eigenvalue weighted by atomic mass is 16.4. The Morgan fingerprint density at radius 2 is 1.39 bits per heavy atom. The molecule has 0 fully saturated rings. The zero-order valence-corrected chi connectivity index (χ0v) is 20.8. The summed E-state index contributed by atoms with van der Waals surface area (Å²) >= 11 is 0. The molecule has 4 amide bonds. The molecule has 15 heteroatoms. The topological polar surface area (TPSA) is 278 Å². The molecular weight excluding hydrogens is 500 g/mol. The van der Waals surface area contributed by atoms with Gasteiger partial charge in [-0.15, -0.1) is 0 Å². The summed E-state index contributed by atoms with van der Waals surface area (Å²) in [6.07, 6.45) is -0.259. The van der Waals surface area contributed by atoms with Gasteiger partial charge in [-0.25, -0.2) is 4.79 Å². The lowest BCUT2D eigenvalue weighted by molar-refractivity contribution is -0.142. The number of nitrogens with one attached hydrogen (secondary N) is 3. The number of guanidine groups is 1. The standard InChI is InChI=1S/C23H36N8O7/c24-14(12-32)19(34)29-15(7-4-10-28-23(26)27)20(35)30-16(8-9-18(25)33)21(36)31-17(22(37)38)11-13-5-2-1-3-6-13/h1-3,5-6,14-17,32H,4,7-12,24H2,(H2,25,33)(H,29,34)(H,30,35)(H,31,36)(H,37,38)(H4,26,27,28). The second-order valence-corrected chi connectivity index (χ2v) is 8.45. The Balaban J connectivity index is 3.05. The maximum atomic E-state index is 13.1. The number of carbonyl (C=O) groups excluding carboxylic acids is 4. The van der Waals surface area contributed by atoms with E-state index >= 15 is 0 Å². The average Bonchev–Trinajstić information content (AvgIpc) is 2.87. The number of aliphatic hydroxyl groups excluding tert-OH is 1. The fourth-order valence-electron chi connectivity index (χ4n) is 3.28. The summed E-state index contributed by atoms with van der Waals surface area (Å²) < 4.78 is 0. The van der Waals surface area contributed by atoms with E-state index in [9.17, 15) is 29.1 Å². The van der Waals surface area contributed by atoms with Crippen molar-refractivity contribution in [3.05, 3.63) is 35.9 Å². The van der Waals surface area contributed by atoms with Crippen molar-refractivity contribution >= 4 is 35.6 Å².